The number of carboxylic acids is 1. The average Bonchev–Trinajstić information content (AvgIpc) is 2.43. The molecule has 0 saturated carbocycles. The van der Waals surface area contributed by atoms with E-state index in [0.717, 1.165) is 0 Å². The lowest BCUT2D eigenvalue weighted by Gasteiger charge is -2.34. The number of hydrogen-bond acceptors (Lipinski definition) is 3. The zero-order valence-electron chi connectivity index (χ0n) is 13.0. The van der Waals surface area contributed by atoms with Crippen LogP contribution >= 0.6 is 0 Å². The van der Waals surface area contributed by atoms with E-state index in [9.17, 15) is 14.4 Å². The Hall–Kier alpha value is -1.79. The van der Waals surface area contributed by atoms with Crippen molar-refractivity contribution >= 4 is 17.9 Å². The topological polar surface area (TPSA) is 90.0 Å². The highest BCUT2D eigenvalue weighted by atomic mass is 16.4. The van der Waals surface area contributed by atoms with Crippen molar-refractivity contribution in [3.63, 3.8) is 0 Å². The van der Waals surface area contributed by atoms with Gasteiger partial charge in [0.1, 0.15) is 6.54 Å². The molecule has 0 aromatic heterocycles. The maximum absolute atomic E-state index is 12.4. The maximum Gasteiger partial charge on any atom is 0.320 e. The molecule has 0 aromatic rings. The number of aliphatic carboxylic acids is 1. The summed E-state index contributed by atoms with van der Waals surface area (Å²) >= 11 is 0. The molecule has 2 N–H and O–H groups in total. The summed E-state index contributed by atoms with van der Waals surface area (Å²) in [5.41, 5.74) is 0. The Kier molecular flexibility index (Phi) is 6.45. The van der Waals surface area contributed by atoms with E-state index >= 15 is 0 Å². The van der Waals surface area contributed by atoms with Crippen LogP contribution in [0.2, 0.25) is 0 Å². The van der Waals surface area contributed by atoms with Crippen LogP contribution in [0.5, 0.6) is 0 Å². The first kappa shape index (κ1) is 17.3. The van der Waals surface area contributed by atoms with Crippen molar-refractivity contribution in [2.75, 3.05) is 26.2 Å². The predicted octanol–water partition coefficient (Wildman–Crippen LogP) is 0.750. The summed E-state index contributed by atoms with van der Waals surface area (Å²) in [5.74, 6) is -1.58. The molecular formula is C14H25N3O4. The minimum atomic E-state index is -0.868. The van der Waals surface area contributed by atoms with Crippen molar-refractivity contribution in [2.24, 2.45) is 5.92 Å². The number of nitrogens with one attached hydrogen (secondary N) is 1. The lowest BCUT2D eigenvalue weighted by atomic mass is 9.99. The minimum Gasteiger partial charge on any atom is -0.481 e. The van der Waals surface area contributed by atoms with Crippen LogP contribution in [0, 0.1) is 5.92 Å². The van der Waals surface area contributed by atoms with Gasteiger partial charge in [0.15, 0.2) is 0 Å². The molecule has 1 rings (SSSR count). The molecule has 0 radical (unpaired) electrons. The molecule has 0 spiro atoms. The number of piperidine rings is 1. The smallest absolute Gasteiger partial charge is 0.320 e. The third-order valence-corrected chi connectivity index (χ3v) is 3.48. The molecule has 7 heteroatoms. The zero-order valence-corrected chi connectivity index (χ0v) is 13.0. The van der Waals surface area contributed by atoms with Crippen LogP contribution in [-0.2, 0) is 9.59 Å². The number of likely N-dealkylation sites (N-methyl/N-ethyl adjacent to an activating group) is 1. The van der Waals surface area contributed by atoms with Crippen LogP contribution in [0.25, 0.3) is 0 Å². The summed E-state index contributed by atoms with van der Waals surface area (Å²) in [6, 6.07) is -0.236. The second kappa shape index (κ2) is 7.85. The van der Waals surface area contributed by atoms with E-state index < -0.39 is 11.9 Å². The number of carboxylic acid groups (broad SMARTS) is 1. The number of amides is 3. The van der Waals surface area contributed by atoms with Crippen LogP contribution in [-0.4, -0.2) is 65.0 Å². The third kappa shape index (κ3) is 5.24. The van der Waals surface area contributed by atoms with Crippen LogP contribution in [0.1, 0.15) is 33.6 Å². The molecule has 1 aliphatic heterocycles. The molecule has 1 saturated heterocycles. The summed E-state index contributed by atoms with van der Waals surface area (Å²) in [4.78, 5) is 38.2. The lowest BCUT2D eigenvalue weighted by Crippen LogP contribution is -2.51. The molecule has 7 nitrogen and oxygen atoms in total. The first-order valence-electron chi connectivity index (χ1n) is 7.41. The van der Waals surface area contributed by atoms with Gasteiger partial charge in [-0.15, -0.1) is 0 Å². The molecule has 0 bridgehead atoms. The van der Waals surface area contributed by atoms with Gasteiger partial charge in [0.2, 0.25) is 5.91 Å². The Morgan fingerprint density at radius 2 is 2.05 bits per heavy atom. The molecule has 3 amide bonds. The SMILES string of the molecule is CCN(CC(=O)NC(C)C)C(=O)N1CCC[C@@H](C(=O)O)C1. The summed E-state index contributed by atoms with van der Waals surface area (Å²) in [7, 11) is 0. The van der Waals surface area contributed by atoms with Crippen LogP contribution < -0.4 is 5.32 Å². The molecule has 1 heterocycles. The molecule has 21 heavy (non-hydrogen) atoms. The van der Waals surface area contributed by atoms with E-state index in [1.807, 2.05) is 13.8 Å². The van der Waals surface area contributed by atoms with Crippen LogP contribution in [0.3, 0.4) is 0 Å². The van der Waals surface area contributed by atoms with E-state index in [-0.39, 0.29) is 31.1 Å². The van der Waals surface area contributed by atoms with Gasteiger partial charge in [-0.05, 0) is 33.6 Å². The fraction of sp³-hybridized carbons (Fsp3) is 0.786. The van der Waals surface area contributed by atoms with Crippen molar-refractivity contribution in [1.82, 2.24) is 15.1 Å². The van der Waals surface area contributed by atoms with Gasteiger partial charge in [-0.2, -0.15) is 0 Å². The molecular weight excluding hydrogens is 274 g/mol. The number of rotatable bonds is 5. The maximum atomic E-state index is 12.4. The number of carbonyl (C=O) groups is 3. The number of hydrogen-bond donors (Lipinski definition) is 2. The number of likely N-dealkylation sites (tertiary alicyclic amines) is 1. The molecule has 120 valence electrons. The highest BCUT2D eigenvalue weighted by Gasteiger charge is 2.30. The molecule has 1 atom stereocenters. The Morgan fingerprint density at radius 1 is 1.38 bits per heavy atom. The van der Waals surface area contributed by atoms with Gasteiger partial charge in [-0.3, -0.25) is 9.59 Å². The van der Waals surface area contributed by atoms with Crippen molar-refractivity contribution in [3.8, 4) is 0 Å². The van der Waals surface area contributed by atoms with Crippen LogP contribution in [0.4, 0.5) is 4.79 Å². The summed E-state index contributed by atoms with van der Waals surface area (Å²) in [6.07, 6.45) is 1.28. The van der Waals surface area contributed by atoms with E-state index in [1.54, 1.807) is 6.92 Å². The second-order valence-electron chi connectivity index (χ2n) is 5.64. The predicted molar refractivity (Wildman–Crippen MR) is 77.9 cm³/mol. The number of carbonyl (C=O) groups excluding carboxylic acids is 2. The zero-order chi connectivity index (χ0) is 16.0. The first-order valence-corrected chi connectivity index (χ1v) is 7.41. The van der Waals surface area contributed by atoms with Gasteiger partial charge < -0.3 is 20.2 Å². The monoisotopic (exact) mass is 299 g/mol. The van der Waals surface area contributed by atoms with E-state index in [2.05, 4.69) is 5.32 Å². The molecule has 0 aromatic carbocycles. The second-order valence-corrected chi connectivity index (χ2v) is 5.64. The number of nitrogens with zero attached hydrogens (tertiary/aromatic N) is 2. The summed E-state index contributed by atoms with van der Waals surface area (Å²) in [5, 5.41) is 11.8. The Labute approximate surface area is 125 Å². The fourth-order valence-corrected chi connectivity index (χ4v) is 2.41. The highest BCUT2D eigenvalue weighted by Crippen LogP contribution is 2.17. The van der Waals surface area contributed by atoms with Crippen LogP contribution in [0.15, 0.2) is 0 Å². The Balaban J connectivity index is 2.61. The normalized spacial score (nSPS) is 18.5. The largest absolute Gasteiger partial charge is 0.481 e. The van der Waals surface area contributed by atoms with Crippen molar-refractivity contribution in [3.05, 3.63) is 0 Å². The van der Waals surface area contributed by atoms with E-state index in [0.29, 0.717) is 25.9 Å². The van der Waals surface area contributed by atoms with Gasteiger partial charge in [-0.25, -0.2) is 4.79 Å². The van der Waals surface area contributed by atoms with Crippen molar-refractivity contribution in [1.29, 1.82) is 0 Å². The van der Waals surface area contributed by atoms with Gasteiger partial charge in [0.05, 0.1) is 5.92 Å². The van der Waals surface area contributed by atoms with Gasteiger partial charge in [0, 0.05) is 25.7 Å². The third-order valence-electron chi connectivity index (χ3n) is 3.48. The van der Waals surface area contributed by atoms with E-state index in [4.69, 9.17) is 5.11 Å². The van der Waals surface area contributed by atoms with E-state index in [1.165, 1.54) is 9.80 Å². The first-order chi connectivity index (χ1) is 9.85. The lowest BCUT2D eigenvalue weighted by molar-refractivity contribution is -0.143. The van der Waals surface area contributed by atoms with Gasteiger partial charge >= 0.3 is 12.0 Å². The van der Waals surface area contributed by atoms with Crippen molar-refractivity contribution < 1.29 is 19.5 Å². The minimum absolute atomic E-state index is 0.00174. The molecule has 1 aliphatic rings. The molecule has 0 aliphatic carbocycles. The quantitative estimate of drug-likeness (QED) is 0.784. The molecule has 1 fully saturated rings. The Bertz CT molecular complexity index is 398. The molecule has 0 unspecified atom stereocenters. The highest BCUT2D eigenvalue weighted by molar-refractivity contribution is 5.84. The fourth-order valence-electron chi connectivity index (χ4n) is 2.41. The standard InChI is InChI=1S/C14H25N3O4/c1-4-16(9-12(18)15-10(2)3)14(21)17-7-5-6-11(8-17)13(19)20/h10-11H,4-9H2,1-3H3,(H,15,18)(H,19,20)/t11-/m1/s1. The van der Waals surface area contributed by atoms with Gasteiger partial charge in [0.25, 0.3) is 0 Å². The summed E-state index contributed by atoms with van der Waals surface area (Å²) < 4.78 is 0. The Morgan fingerprint density at radius 3 is 2.57 bits per heavy atom. The average molecular weight is 299 g/mol. The van der Waals surface area contributed by atoms with Crippen molar-refractivity contribution in [2.45, 2.75) is 39.7 Å². The van der Waals surface area contributed by atoms with Gasteiger partial charge in [-0.1, -0.05) is 0 Å². The number of urea groups is 1. The summed E-state index contributed by atoms with van der Waals surface area (Å²) in [6.45, 7) is 6.71.